The van der Waals surface area contributed by atoms with Gasteiger partial charge in [0.15, 0.2) is 12.7 Å². The molecule has 0 aliphatic heterocycles. The van der Waals surface area contributed by atoms with Gasteiger partial charge in [0.25, 0.3) is 11.8 Å². The van der Waals surface area contributed by atoms with Crippen molar-refractivity contribution in [3.63, 3.8) is 0 Å². The minimum absolute atomic E-state index is 0.196. The van der Waals surface area contributed by atoms with Crippen LogP contribution in [0.15, 0.2) is 42.5 Å². The fraction of sp³-hybridized carbons (Fsp3) is 0.333. The Morgan fingerprint density at radius 2 is 1.74 bits per heavy atom. The zero-order valence-electron chi connectivity index (χ0n) is 16.2. The Morgan fingerprint density at radius 1 is 1.04 bits per heavy atom. The molecule has 0 aliphatic rings. The summed E-state index contributed by atoms with van der Waals surface area (Å²) in [5.41, 5.74) is 7.92. The Bertz CT molecular complexity index is 787. The monoisotopic (exact) mass is 370 g/mol. The number of amides is 2. The van der Waals surface area contributed by atoms with Crippen LogP contribution in [0.1, 0.15) is 30.5 Å². The largest absolute Gasteiger partial charge is 0.483 e. The fourth-order valence-electron chi connectivity index (χ4n) is 2.35. The molecular weight excluding hydrogens is 344 g/mol. The summed E-state index contributed by atoms with van der Waals surface area (Å²) in [6.45, 7) is 7.38. The van der Waals surface area contributed by atoms with Gasteiger partial charge >= 0.3 is 0 Å². The number of carbonyl (C=O) groups excluding carboxylic acids is 2. The van der Waals surface area contributed by atoms with Crippen LogP contribution in [0.25, 0.3) is 0 Å². The Labute approximate surface area is 159 Å². The molecule has 2 aromatic rings. The minimum atomic E-state index is -0.752. The average molecular weight is 370 g/mol. The second-order valence-electron chi connectivity index (χ2n) is 6.28. The first-order valence-electron chi connectivity index (χ1n) is 8.94. The summed E-state index contributed by atoms with van der Waals surface area (Å²) in [5.74, 6) is 0.335. The van der Waals surface area contributed by atoms with Crippen molar-refractivity contribution in [1.29, 1.82) is 0 Å². The highest BCUT2D eigenvalue weighted by molar-refractivity contribution is 5.85. The third kappa shape index (κ3) is 6.02. The van der Waals surface area contributed by atoms with Gasteiger partial charge < -0.3 is 9.47 Å². The Kier molecular flexibility index (Phi) is 7.23. The molecule has 0 aliphatic carbocycles. The molecule has 2 N–H and O–H groups in total. The highest BCUT2D eigenvalue weighted by Crippen LogP contribution is 2.20. The number of nitrogens with one attached hydrogen (secondary N) is 2. The van der Waals surface area contributed by atoms with Crippen molar-refractivity contribution in [2.24, 2.45) is 0 Å². The van der Waals surface area contributed by atoms with Gasteiger partial charge in [0.1, 0.15) is 11.5 Å². The molecule has 6 heteroatoms. The smallest absolute Gasteiger partial charge is 0.279 e. The number of hydrazine groups is 1. The summed E-state index contributed by atoms with van der Waals surface area (Å²) in [5, 5.41) is 0. The van der Waals surface area contributed by atoms with E-state index in [1.807, 2.05) is 50.2 Å². The summed E-state index contributed by atoms with van der Waals surface area (Å²) >= 11 is 0. The number of hydrogen-bond acceptors (Lipinski definition) is 4. The van der Waals surface area contributed by atoms with E-state index in [-0.39, 0.29) is 6.61 Å². The maximum atomic E-state index is 12.1. The SMILES string of the molecule is CCc1ccc(OC(C)C(=O)NNC(=O)COc2cccc(C)c2C)cc1. The highest BCUT2D eigenvalue weighted by Gasteiger charge is 2.15. The number of hydrogen-bond donors (Lipinski definition) is 2. The van der Waals surface area contributed by atoms with Crippen molar-refractivity contribution in [3.8, 4) is 11.5 Å². The van der Waals surface area contributed by atoms with E-state index in [4.69, 9.17) is 9.47 Å². The number of benzene rings is 2. The van der Waals surface area contributed by atoms with E-state index in [2.05, 4.69) is 17.8 Å². The van der Waals surface area contributed by atoms with E-state index >= 15 is 0 Å². The summed E-state index contributed by atoms with van der Waals surface area (Å²) < 4.78 is 11.1. The van der Waals surface area contributed by atoms with Crippen LogP contribution in [0.5, 0.6) is 11.5 Å². The molecule has 0 bridgehead atoms. The van der Waals surface area contributed by atoms with E-state index in [9.17, 15) is 9.59 Å². The number of aryl methyl sites for hydroxylation is 2. The molecule has 0 heterocycles. The molecule has 6 nitrogen and oxygen atoms in total. The highest BCUT2D eigenvalue weighted by atomic mass is 16.5. The lowest BCUT2D eigenvalue weighted by Crippen LogP contribution is -2.48. The van der Waals surface area contributed by atoms with Gasteiger partial charge in [0.2, 0.25) is 0 Å². The Balaban J connectivity index is 1.76. The predicted molar refractivity (Wildman–Crippen MR) is 104 cm³/mol. The molecule has 2 rings (SSSR count). The molecule has 0 aromatic heterocycles. The van der Waals surface area contributed by atoms with E-state index in [0.717, 1.165) is 17.5 Å². The third-order valence-corrected chi connectivity index (χ3v) is 4.25. The topological polar surface area (TPSA) is 76.7 Å². The van der Waals surface area contributed by atoms with Crippen LogP contribution >= 0.6 is 0 Å². The lowest BCUT2D eigenvalue weighted by atomic mass is 10.1. The van der Waals surface area contributed by atoms with E-state index < -0.39 is 17.9 Å². The molecule has 0 saturated heterocycles. The van der Waals surface area contributed by atoms with Gasteiger partial charge in [-0.25, -0.2) is 0 Å². The molecule has 0 fully saturated rings. The van der Waals surface area contributed by atoms with Gasteiger partial charge in [-0.1, -0.05) is 31.2 Å². The average Bonchev–Trinajstić information content (AvgIpc) is 2.67. The number of rotatable bonds is 7. The van der Waals surface area contributed by atoms with Crippen molar-refractivity contribution in [1.82, 2.24) is 10.9 Å². The number of carbonyl (C=O) groups is 2. The van der Waals surface area contributed by atoms with Crippen LogP contribution in [0.2, 0.25) is 0 Å². The first-order valence-corrected chi connectivity index (χ1v) is 8.94. The molecule has 0 saturated carbocycles. The first kappa shape index (κ1) is 20.3. The van der Waals surface area contributed by atoms with Gasteiger partial charge in [-0.2, -0.15) is 0 Å². The van der Waals surface area contributed by atoms with Crippen LogP contribution < -0.4 is 20.3 Å². The van der Waals surface area contributed by atoms with Gasteiger partial charge in [-0.05, 0) is 62.1 Å². The second-order valence-corrected chi connectivity index (χ2v) is 6.28. The second kappa shape index (κ2) is 9.62. The van der Waals surface area contributed by atoms with Crippen molar-refractivity contribution in [3.05, 3.63) is 59.2 Å². The zero-order valence-corrected chi connectivity index (χ0v) is 16.2. The van der Waals surface area contributed by atoms with Crippen molar-refractivity contribution >= 4 is 11.8 Å². The van der Waals surface area contributed by atoms with Gasteiger partial charge in [-0.15, -0.1) is 0 Å². The lowest BCUT2D eigenvalue weighted by molar-refractivity contribution is -0.133. The molecule has 144 valence electrons. The maximum absolute atomic E-state index is 12.1. The zero-order chi connectivity index (χ0) is 19.8. The van der Waals surface area contributed by atoms with E-state index in [0.29, 0.717) is 11.5 Å². The molecule has 2 amide bonds. The molecule has 0 radical (unpaired) electrons. The summed E-state index contributed by atoms with van der Waals surface area (Å²) in [6, 6.07) is 13.2. The molecule has 27 heavy (non-hydrogen) atoms. The molecule has 1 unspecified atom stereocenters. The van der Waals surface area contributed by atoms with Gasteiger partial charge in [-0.3, -0.25) is 20.4 Å². The Hall–Kier alpha value is -3.02. The standard InChI is InChI=1S/C21H26N2O4/c1-5-17-9-11-18(12-10-17)27-16(4)21(25)23-22-20(24)13-26-19-8-6-7-14(2)15(19)3/h6-12,16H,5,13H2,1-4H3,(H,22,24)(H,23,25). The predicted octanol–water partition coefficient (Wildman–Crippen LogP) is 2.86. The van der Waals surface area contributed by atoms with Gasteiger partial charge in [0, 0.05) is 0 Å². The van der Waals surface area contributed by atoms with E-state index in [1.54, 1.807) is 13.0 Å². The van der Waals surface area contributed by atoms with Crippen LogP contribution in [0.3, 0.4) is 0 Å². The maximum Gasteiger partial charge on any atom is 0.279 e. The first-order chi connectivity index (χ1) is 12.9. The van der Waals surface area contributed by atoms with Gasteiger partial charge in [0.05, 0.1) is 0 Å². The van der Waals surface area contributed by atoms with Crippen LogP contribution in [0, 0.1) is 13.8 Å². The van der Waals surface area contributed by atoms with Crippen LogP contribution in [-0.4, -0.2) is 24.5 Å². The van der Waals surface area contributed by atoms with Crippen molar-refractivity contribution in [2.45, 2.75) is 40.2 Å². The summed E-state index contributed by atoms with van der Waals surface area (Å²) in [6.07, 6.45) is 0.185. The van der Waals surface area contributed by atoms with Crippen LogP contribution in [0.4, 0.5) is 0 Å². The van der Waals surface area contributed by atoms with E-state index in [1.165, 1.54) is 5.56 Å². The number of ether oxygens (including phenoxy) is 2. The third-order valence-electron chi connectivity index (χ3n) is 4.25. The normalized spacial score (nSPS) is 11.4. The molecule has 2 aromatic carbocycles. The molecular formula is C21H26N2O4. The quantitative estimate of drug-likeness (QED) is 0.735. The summed E-state index contributed by atoms with van der Waals surface area (Å²) in [4.78, 5) is 23.9. The van der Waals surface area contributed by atoms with Crippen LogP contribution in [-0.2, 0) is 16.0 Å². The molecule has 1 atom stereocenters. The van der Waals surface area contributed by atoms with Crippen molar-refractivity contribution in [2.75, 3.05) is 6.61 Å². The minimum Gasteiger partial charge on any atom is -0.483 e. The molecule has 0 spiro atoms. The summed E-state index contributed by atoms with van der Waals surface area (Å²) in [7, 11) is 0. The van der Waals surface area contributed by atoms with Crippen molar-refractivity contribution < 1.29 is 19.1 Å². The lowest BCUT2D eigenvalue weighted by Gasteiger charge is -2.16. The Morgan fingerprint density at radius 3 is 2.41 bits per heavy atom. The fourth-order valence-corrected chi connectivity index (χ4v) is 2.35.